The Hall–Kier alpha value is -0.470. The summed E-state index contributed by atoms with van der Waals surface area (Å²) in [5.41, 5.74) is 1.34. The molecule has 19 heavy (non-hydrogen) atoms. The molecule has 1 amide bonds. The van der Waals surface area contributed by atoms with Crippen LogP contribution in [0, 0.1) is 11.8 Å². The molecule has 6 nitrogen and oxygen atoms in total. The summed E-state index contributed by atoms with van der Waals surface area (Å²) in [6, 6.07) is 0. The first-order valence-electron chi connectivity index (χ1n) is 5.45. The third-order valence-corrected chi connectivity index (χ3v) is 3.67. The number of allylic oxidation sites excluding steroid dienone is 2. The fourth-order valence-corrected chi connectivity index (χ4v) is 3.02. The summed E-state index contributed by atoms with van der Waals surface area (Å²) < 4.78 is 0. The molecule has 3 aliphatic rings. The first-order chi connectivity index (χ1) is 6.84. The molecular weight excluding hydrogens is 295 g/mol. The van der Waals surface area contributed by atoms with Gasteiger partial charge in [0.1, 0.15) is 5.70 Å². The van der Waals surface area contributed by atoms with E-state index in [1.165, 1.54) is 25.2 Å². The minimum Gasteiger partial charge on any atom is -1.00 e. The molecule has 3 rings (SSSR count). The number of hydrogen-bond donors (Lipinski definition) is 2. The monoisotopic (exact) mass is 315 g/mol. The van der Waals surface area contributed by atoms with Crippen LogP contribution in [0.3, 0.4) is 0 Å². The van der Waals surface area contributed by atoms with Gasteiger partial charge in [-0.05, 0) is 18.6 Å². The highest BCUT2D eigenvalue weighted by Gasteiger charge is 2.43. The Morgan fingerprint density at radius 3 is 2.58 bits per heavy atom. The summed E-state index contributed by atoms with van der Waals surface area (Å²) in [6.45, 7) is 3.40. The van der Waals surface area contributed by atoms with Crippen molar-refractivity contribution >= 4 is 5.91 Å². The fraction of sp³-hybridized carbons (Fsp3) is 0.545. The van der Waals surface area contributed by atoms with Gasteiger partial charge in [-0.2, -0.15) is 0 Å². The van der Waals surface area contributed by atoms with E-state index in [-0.39, 0.29) is 47.1 Å². The largest absolute Gasteiger partial charge is 1.00 e. The summed E-state index contributed by atoms with van der Waals surface area (Å²) >= 11 is 0. The average molecular weight is 316 g/mol. The standard InChI is InChI=1S/C11H14N2O.2ClH.3H2O/c14-11-3-1-2-10-9-4-8(5-12-6-9)7-13(10)11;;;;;/h1-3,8-9,12H,4-7H2;2*1H;3*1H2/p-1/t8-,9+;;;;;/m0...../s1. The molecule has 2 saturated heterocycles. The normalized spacial score (nSPS) is 29.8. The van der Waals surface area contributed by atoms with Crippen LogP contribution < -0.4 is 35.0 Å². The minimum absolute atomic E-state index is 0. The summed E-state index contributed by atoms with van der Waals surface area (Å²) in [7, 11) is 0. The van der Waals surface area contributed by atoms with Crippen molar-refractivity contribution in [2.75, 3.05) is 19.6 Å². The lowest BCUT2D eigenvalue weighted by molar-refractivity contribution is -0.811. The van der Waals surface area contributed by atoms with Gasteiger partial charge in [0.2, 0.25) is 0 Å². The average Bonchev–Trinajstić information content (AvgIpc) is 2.20. The van der Waals surface area contributed by atoms with Gasteiger partial charge in [0.05, 0.1) is 31.5 Å². The highest BCUT2D eigenvalue weighted by Crippen LogP contribution is 2.22. The van der Waals surface area contributed by atoms with Gasteiger partial charge in [-0.1, -0.05) is 0 Å². The second kappa shape index (κ2) is 9.44. The van der Waals surface area contributed by atoms with Crippen LogP contribution in [0.5, 0.6) is 0 Å². The lowest BCUT2D eigenvalue weighted by Gasteiger charge is -2.37. The van der Waals surface area contributed by atoms with Crippen molar-refractivity contribution in [3.05, 3.63) is 23.9 Å². The zero-order valence-electron chi connectivity index (χ0n) is 10.4. The van der Waals surface area contributed by atoms with E-state index >= 15 is 0 Å². The summed E-state index contributed by atoms with van der Waals surface area (Å²) in [5.74, 6) is 1.65. The summed E-state index contributed by atoms with van der Waals surface area (Å²) in [5, 5.41) is 2.40. The number of nitrogens with two attached hydrogens (primary N) is 1. The Bertz CT molecular complexity index is 350. The van der Waals surface area contributed by atoms with Crippen LogP contribution in [-0.2, 0) is 4.79 Å². The number of quaternary nitrogens is 2. The molecule has 2 bridgehead atoms. The molecule has 0 aromatic heterocycles. The van der Waals surface area contributed by atoms with E-state index in [2.05, 4.69) is 11.4 Å². The number of amides is 1. The lowest BCUT2D eigenvalue weighted by Crippen LogP contribution is -3.17. The first kappa shape index (κ1) is 23.6. The van der Waals surface area contributed by atoms with Crippen LogP contribution in [0.4, 0.5) is 0 Å². The number of carbonyl (C=O) groups excluding carboxylic acids is 1. The van der Waals surface area contributed by atoms with Crippen LogP contribution in [0.15, 0.2) is 23.9 Å². The van der Waals surface area contributed by atoms with Crippen molar-refractivity contribution in [1.29, 1.82) is 0 Å². The van der Waals surface area contributed by atoms with Crippen LogP contribution in [-0.4, -0.2) is 42.0 Å². The van der Waals surface area contributed by atoms with Crippen LogP contribution in [0.2, 0.25) is 0 Å². The third-order valence-electron chi connectivity index (χ3n) is 3.67. The maximum absolute atomic E-state index is 11.7. The van der Waals surface area contributed by atoms with Gasteiger partial charge >= 0.3 is 5.91 Å². The molecule has 3 aliphatic heterocycles. The SMILES string of the molecule is O.O.O=C1C=CC=C2[C@H]3C[NH2+]C[C@H](C3)C[NH+]12.[Cl-].[Cl-].[OH-]. The molecule has 0 aromatic rings. The van der Waals surface area contributed by atoms with Crippen molar-refractivity contribution in [3.8, 4) is 0 Å². The maximum Gasteiger partial charge on any atom is 0.341 e. The van der Waals surface area contributed by atoms with E-state index in [1.807, 2.05) is 6.08 Å². The Labute approximate surface area is 124 Å². The molecule has 0 spiro atoms. The summed E-state index contributed by atoms with van der Waals surface area (Å²) in [6.07, 6.45) is 7.07. The molecule has 2 fully saturated rings. The van der Waals surface area contributed by atoms with Gasteiger partial charge in [-0.25, -0.2) is 9.69 Å². The lowest BCUT2D eigenvalue weighted by atomic mass is 9.82. The Morgan fingerprint density at radius 2 is 1.89 bits per heavy atom. The highest BCUT2D eigenvalue weighted by atomic mass is 35.5. The van der Waals surface area contributed by atoms with Crippen molar-refractivity contribution in [1.82, 2.24) is 0 Å². The quantitative estimate of drug-likeness (QED) is 0.459. The van der Waals surface area contributed by atoms with E-state index < -0.39 is 0 Å². The van der Waals surface area contributed by atoms with Gasteiger partial charge < -0.3 is 46.6 Å². The Balaban J connectivity index is -0.000000512. The van der Waals surface area contributed by atoms with Crippen molar-refractivity contribution in [3.63, 3.8) is 0 Å². The van der Waals surface area contributed by atoms with Crippen molar-refractivity contribution in [2.45, 2.75) is 6.42 Å². The number of hydrogen-bond acceptors (Lipinski definition) is 2. The predicted molar refractivity (Wildman–Crippen MR) is 60.5 cm³/mol. The van der Waals surface area contributed by atoms with Crippen LogP contribution in [0.1, 0.15) is 6.42 Å². The molecule has 8 heteroatoms. The molecule has 0 saturated carbocycles. The maximum atomic E-state index is 11.7. The van der Waals surface area contributed by atoms with E-state index in [1.54, 1.807) is 6.08 Å². The van der Waals surface area contributed by atoms with Crippen molar-refractivity contribution in [2.24, 2.45) is 11.8 Å². The number of piperidine rings is 2. The van der Waals surface area contributed by atoms with Gasteiger partial charge in [-0.3, -0.25) is 0 Å². The topological polar surface area (TPSA) is 131 Å². The first-order valence-corrected chi connectivity index (χ1v) is 5.45. The Kier molecular flexibility index (Phi) is 11.7. The zero-order valence-corrected chi connectivity index (χ0v) is 11.9. The number of carbonyl (C=O) groups is 1. The fourth-order valence-electron chi connectivity index (χ4n) is 3.02. The molecule has 114 valence electrons. The van der Waals surface area contributed by atoms with E-state index in [0.29, 0.717) is 5.92 Å². The highest BCUT2D eigenvalue weighted by molar-refractivity contribution is 5.81. The zero-order chi connectivity index (χ0) is 9.54. The molecular formula is C11H21Cl2N2O4-. The van der Waals surface area contributed by atoms with E-state index in [4.69, 9.17) is 0 Å². The van der Waals surface area contributed by atoms with Gasteiger partial charge in [0, 0.05) is 6.08 Å². The smallest absolute Gasteiger partial charge is 0.341 e. The van der Waals surface area contributed by atoms with Gasteiger partial charge in [0.25, 0.3) is 0 Å². The third kappa shape index (κ3) is 4.25. The van der Waals surface area contributed by atoms with E-state index in [9.17, 15) is 4.79 Å². The van der Waals surface area contributed by atoms with Crippen LogP contribution >= 0.6 is 0 Å². The van der Waals surface area contributed by atoms with Gasteiger partial charge in [-0.15, -0.1) is 0 Å². The number of fused-ring (bicyclic) bond motifs is 4. The Morgan fingerprint density at radius 1 is 1.21 bits per heavy atom. The molecule has 8 N–H and O–H groups in total. The second-order valence-electron chi connectivity index (χ2n) is 4.59. The number of rotatable bonds is 0. The van der Waals surface area contributed by atoms with Crippen LogP contribution in [0.25, 0.3) is 0 Å². The molecule has 1 unspecified atom stereocenters. The summed E-state index contributed by atoms with van der Waals surface area (Å²) in [4.78, 5) is 12.8. The molecule has 0 aromatic carbocycles. The molecule has 0 aliphatic carbocycles. The van der Waals surface area contributed by atoms with Crippen molar-refractivity contribution < 1.29 is 56.3 Å². The predicted octanol–water partition coefficient (Wildman–Crippen LogP) is -9.75. The molecule has 3 atom stereocenters. The molecule has 3 heterocycles. The van der Waals surface area contributed by atoms with Gasteiger partial charge in [0.15, 0.2) is 0 Å². The minimum atomic E-state index is 0. The molecule has 0 radical (unpaired) electrons. The number of nitrogens with one attached hydrogen (secondary N) is 1. The van der Waals surface area contributed by atoms with E-state index in [0.717, 1.165) is 17.4 Å². The number of halogens is 2. The second-order valence-corrected chi connectivity index (χ2v) is 4.59.